The van der Waals surface area contributed by atoms with E-state index in [9.17, 15) is 8.78 Å². The molecule has 0 saturated carbocycles. The number of halogens is 2. The maximum Gasteiger partial charge on any atom is 0.261 e. The van der Waals surface area contributed by atoms with E-state index in [0.29, 0.717) is 18.9 Å². The first kappa shape index (κ1) is 22.1. The maximum atomic E-state index is 13.6. The third-order valence-electron chi connectivity index (χ3n) is 7.13. The minimum absolute atomic E-state index is 0.0844. The Bertz CT molecular complexity index is 1720. The minimum atomic E-state index is -2.60. The van der Waals surface area contributed by atoms with Gasteiger partial charge in [-0.2, -0.15) is 5.10 Å². The average Bonchev–Trinajstić information content (AvgIpc) is 3.69. The lowest BCUT2D eigenvalue weighted by atomic mass is 9.92. The smallest absolute Gasteiger partial charge is 0.261 e. The molecule has 0 bridgehead atoms. The predicted molar refractivity (Wildman–Crippen MR) is 134 cm³/mol. The van der Waals surface area contributed by atoms with Crippen LogP contribution in [0.3, 0.4) is 0 Å². The summed E-state index contributed by atoms with van der Waals surface area (Å²) in [7, 11) is 0. The van der Waals surface area contributed by atoms with Crippen molar-refractivity contribution < 1.29 is 13.2 Å². The molecule has 37 heavy (non-hydrogen) atoms. The van der Waals surface area contributed by atoms with Gasteiger partial charge in [0.05, 0.1) is 36.1 Å². The summed E-state index contributed by atoms with van der Waals surface area (Å²) in [6.07, 6.45) is 15.5. The highest BCUT2D eigenvalue weighted by atomic mass is 19.3. The van der Waals surface area contributed by atoms with E-state index >= 15 is 0 Å². The quantitative estimate of drug-likeness (QED) is 0.384. The predicted octanol–water partition coefficient (Wildman–Crippen LogP) is 3.59. The molecule has 1 aliphatic carbocycles. The van der Waals surface area contributed by atoms with E-state index in [0.717, 1.165) is 56.0 Å². The zero-order chi connectivity index (χ0) is 25.0. The highest BCUT2D eigenvalue weighted by molar-refractivity contribution is 5.92. The van der Waals surface area contributed by atoms with Gasteiger partial charge in [-0.15, -0.1) is 0 Å². The van der Waals surface area contributed by atoms with Gasteiger partial charge in [-0.25, -0.2) is 13.8 Å². The largest absolute Gasteiger partial charge is 0.472 e. The normalized spacial score (nSPS) is 19.0. The third-order valence-corrected chi connectivity index (χ3v) is 7.13. The Hall–Kier alpha value is -4.18. The maximum absolute atomic E-state index is 13.6. The number of aromatic amines is 2. The van der Waals surface area contributed by atoms with Crippen LogP contribution in [-0.2, 0) is 6.54 Å². The topological polar surface area (TPSA) is 99.5 Å². The summed E-state index contributed by atoms with van der Waals surface area (Å²) < 4.78 is 32.5. The molecule has 0 aromatic carbocycles. The highest BCUT2D eigenvalue weighted by Gasteiger charge is 2.38. The van der Waals surface area contributed by atoms with Crippen LogP contribution in [0, 0.1) is 0 Å². The molecule has 1 atom stereocenters. The number of rotatable bonds is 5. The molecule has 2 N–H and O–H groups in total. The van der Waals surface area contributed by atoms with Crippen LogP contribution in [0.15, 0.2) is 53.9 Å². The molecule has 1 unspecified atom stereocenters. The van der Waals surface area contributed by atoms with Crippen molar-refractivity contribution in [3.05, 3.63) is 71.1 Å². The van der Waals surface area contributed by atoms with E-state index in [-0.39, 0.29) is 18.9 Å². The molecule has 7 rings (SSSR count). The van der Waals surface area contributed by atoms with Crippen LogP contribution in [0.25, 0.3) is 45.8 Å². The fraction of sp³-hybridized carbons (Fsp3) is 0.259. The van der Waals surface area contributed by atoms with Crippen LogP contribution in [0.1, 0.15) is 29.9 Å². The number of fused-ring (bicyclic) bond motifs is 2. The first-order valence-corrected chi connectivity index (χ1v) is 12.2. The van der Waals surface area contributed by atoms with E-state index in [1.165, 1.54) is 0 Å². The number of likely N-dealkylation sites (tertiary alicyclic amines) is 1. The molecule has 10 heteroatoms. The fourth-order valence-corrected chi connectivity index (χ4v) is 5.29. The van der Waals surface area contributed by atoms with Gasteiger partial charge in [0.2, 0.25) is 0 Å². The van der Waals surface area contributed by atoms with E-state index in [4.69, 9.17) is 9.40 Å². The summed E-state index contributed by atoms with van der Waals surface area (Å²) in [5.74, 6) is -1.86. The number of imidazole rings is 1. The van der Waals surface area contributed by atoms with Gasteiger partial charge >= 0.3 is 0 Å². The standard InChI is InChI=1S/C27H23F2N7O/c28-27(29)4-5-36(15-27)13-16-7-19(10-30-9-16)17-1-2-22-20(8-17)25(35-34-22)26-32-23-12-31-11-21(24(23)33-26)18-3-6-37-14-18/h2-3,6-12,14,17,34H,1,4-5,13,15H2,(H,32,33). The van der Waals surface area contributed by atoms with Crippen LogP contribution in [0.5, 0.6) is 0 Å². The van der Waals surface area contributed by atoms with Gasteiger partial charge in [0.25, 0.3) is 5.92 Å². The first-order chi connectivity index (χ1) is 18.0. The lowest BCUT2D eigenvalue weighted by Crippen LogP contribution is -2.28. The second kappa shape index (κ2) is 8.45. The minimum Gasteiger partial charge on any atom is -0.472 e. The molecule has 0 amide bonds. The van der Waals surface area contributed by atoms with Gasteiger partial charge in [-0.1, -0.05) is 18.2 Å². The number of aromatic nitrogens is 6. The summed E-state index contributed by atoms with van der Waals surface area (Å²) in [6.45, 7) is 0.677. The molecule has 0 spiro atoms. The van der Waals surface area contributed by atoms with Gasteiger partial charge in [0.1, 0.15) is 11.2 Å². The Morgan fingerprint density at radius 1 is 1.16 bits per heavy atom. The number of hydrogen-bond donors (Lipinski definition) is 2. The van der Waals surface area contributed by atoms with Crippen LogP contribution in [-0.4, -0.2) is 54.0 Å². The highest BCUT2D eigenvalue weighted by Crippen LogP contribution is 2.30. The number of nitrogens with one attached hydrogen (secondary N) is 2. The summed E-state index contributed by atoms with van der Waals surface area (Å²) in [5, 5.41) is 9.62. The zero-order valence-electron chi connectivity index (χ0n) is 19.8. The number of furan rings is 1. The summed E-state index contributed by atoms with van der Waals surface area (Å²) in [4.78, 5) is 18.8. The van der Waals surface area contributed by atoms with E-state index in [1.54, 1.807) is 36.0 Å². The number of pyridine rings is 2. The van der Waals surface area contributed by atoms with Crippen molar-refractivity contribution >= 4 is 23.2 Å². The molecule has 5 aromatic rings. The molecular weight excluding hydrogens is 476 g/mol. The summed E-state index contributed by atoms with van der Waals surface area (Å²) in [5.41, 5.74) is 6.12. The van der Waals surface area contributed by atoms with Gasteiger partial charge in [-0.05, 0) is 23.6 Å². The van der Waals surface area contributed by atoms with Crippen molar-refractivity contribution in [3.63, 3.8) is 0 Å². The van der Waals surface area contributed by atoms with Gasteiger partial charge in [0.15, 0.2) is 5.82 Å². The monoisotopic (exact) mass is 499 g/mol. The Balaban J connectivity index is 1.22. The third kappa shape index (κ3) is 4.03. The Labute approximate surface area is 209 Å². The molecule has 1 aliphatic heterocycles. The SMILES string of the molecule is FC1(F)CCN(Cc2cncc(C3C=c4c(-c5nc6c(-c7ccoc7)cncc6[nH]5)n[nH]c4=CC3)c2)C1. The molecule has 5 aromatic heterocycles. The average molecular weight is 500 g/mol. The number of alkyl halides is 2. The van der Waals surface area contributed by atoms with E-state index in [2.05, 4.69) is 43.4 Å². The van der Waals surface area contributed by atoms with Crippen molar-refractivity contribution in [2.75, 3.05) is 13.1 Å². The van der Waals surface area contributed by atoms with E-state index in [1.807, 2.05) is 12.3 Å². The van der Waals surface area contributed by atoms with Gasteiger partial charge in [0, 0.05) is 60.4 Å². The second-order valence-corrected chi connectivity index (χ2v) is 9.74. The molecule has 1 saturated heterocycles. The second-order valence-electron chi connectivity index (χ2n) is 9.74. The van der Waals surface area contributed by atoms with E-state index < -0.39 is 5.92 Å². The van der Waals surface area contributed by atoms with Crippen molar-refractivity contribution in [2.24, 2.45) is 0 Å². The summed E-state index contributed by atoms with van der Waals surface area (Å²) in [6, 6.07) is 3.96. The lowest BCUT2D eigenvalue weighted by molar-refractivity contribution is 0.0115. The molecule has 186 valence electrons. The Kier molecular flexibility index (Phi) is 5.03. The van der Waals surface area contributed by atoms with Crippen LogP contribution < -0.4 is 10.6 Å². The van der Waals surface area contributed by atoms with Gasteiger partial charge < -0.3 is 9.40 Å². The molecular formula is C27H23F2N7O. The van der Waals surface area contributed by atoms with Crippen molar-refractivity contribution in [1.82, 2.24) is 35.0 Å². The number of H-pyrrole nitrogens is 2. The molecule has 6 heterocycles. The van der Waals surface area contributed by atoms with Crippen LogP contribution in [0.2, 0.25) is 0 Å². The van der Waals surface area contributed by atoms with Crippen molar-refractivity contribution in [1.29, 1.82) is 0 Å². The molecule has 1 fully saturated rings. The molecule has 0 radical (unpaired) electrons. The van der Waals surface area contributed by atoms with Crippen molar-refractivity contribution in [2.45, 2.75) is 31.2 Å². The molecule has 2 aliphatic rings. The fourth-order valence-electron chi connectivity index (χ4n) is 5.29. The zero-order valence-corrected chi connectivity index (χ0v) is 19.8. The lowest BCUT2D eigenvalue weighted by Gasteiger charge is -2.18. The first-order valence-electron chi connectivity index (χ1n) is 12.2. The Morgan fingerprint density at radius 2 is 2.08 bits per heavy atom. The molecule has 8 nitrogen and oxygen atoms in total. The van der Waals surface area contributed by atoms with Crippen molar-refractivity contribution in [3.8, 4) is 22.6 Å². The van der Waals surface area contributed by atoms with Gasteiger partial charge in [-0.3, -0.25) is 20.0 Å². The number of hydrogen-bond acceptors (Lipinski definition) is 6. The van der Waals surface area contributed by atoms with Crippen LogP contribution in [0.4, 0.5) is 8.78 Å². The summed E-state index contributed by atoms with van der Waals surface area (Å²) >= 11 is 0. The Morgan fingerprint density at radius 3 is 2.92 bits per heavy atom. The number of nitrogens with zero attached hydrogens (tertiary/aromatic N) is 5. The van der Waals surface area contributed by atoms with Crippen LogP contribution >= 0.6 is 0 Å².